The van der Waals surface area contributed by atoms with Crippen molar-refractivity contribution in [2.75, 3.05) is 0 Å². The molecule has 0 aliphatic heterocycles. The van der Waals surface area contributed by atoms with Crippen molar-refractivity contribution in [1.29, 1.82) is 0 Å². The molecule has 19 heavy (non-hydrogen) atoms. The van der Waals surface area contributed by atoms with Crippen LogP contribution in [0.5, 0.6) is 0 Å². The molecule has 5 heteroatoms. The number of nitrogens with zero attached hydrogens (tertiary/aromatic N) is 3. The van der Waals surface area contributed by atoms with E-state index in [0.29, 0.717) is 5.92 Å². The maximum atomic E-state index is 10.9. The fourth-order valence-corrected chi connectivity index (χ4v) is 2.82. The van der Waals surface area contributed by atoms with Gasteiger partial charge in [-0.15, -0.1) is 0 Å². The summed E-state index contributed by atoms with van der Waals surface area (Å²) in [5.74, 6) is 0.306. The predicted molar refractivity (Wildman–Crippen MR) is 70.1 cm³/mol. The van der Waals surface area contributed by atoms with Crippen molar-refractivity contribution >= 4 is 11.6 Å². The number of aliphatic carboxylic acids is 1. The Labute approximate surface area is 111 Å². The van der Waals surface area contributed by atoms with Gasteiger partial charge in [0.05, 0.1) is 5.92 Å². The average molecular weight is 259 g/mol. The van der Waals surface area contributed by atoms with Crippen LogP contribution in [0, 0.1) is 12.8 Å². The van der Waals surface area contributed by atoms with Gasteiger partial charge in [0.2, 0.25) is 0 Å². The maximum absolute atomic E-state index is 10.9. The Morgan fingerprint density at radius 2 is 2.05 bits per heavy atom. The number of fused-ring (bicyclic) bond motifs is 1. The lowest BCUT2D eigenvalue weighted by molar-refractivity contribution is -0.142. The van der Waals surface area contributed by atoms with Crippen molar-refractivity contribution in [1.82, 2.24) is 14.6 Å². The van der Waals surface area contributed by atoms with E-state index in [0.717, 1.165) is 42.8 Å². The van der Waals surface area contributed by atoms with Gasteiger partial charge in [0.25, 0.3) is 0 Å². The van der Waals surface area contributed by atoms with Crippen molar-refractivity contribution in [3.05, 3.63) is 29.7 Å². The van der Waals surface area contributed by atoms with Gasteiger partial charge in [-0.2, -0.15) is 5.10 Å². The molecule has 0 amide bonds. The van der Waals surface area contributed by atoms with Gasteiger partial charge in [-0.05, 0) is 44.7 Å². The lowest BCUT2D eigenvalue weighted by atomic mass is 9.82. The molecule has 0 aromatic carbocycles. The minimum absolute atomic E-state index is 0.185. The summed E-state index contributed by atoms with van der Waals surface area (Å²) in [6, 6.07) is 5.93. The SMILES string of the molecule is Cc1cccc2nc(C3CCC(C(=O)O)CC3)nn12. The highest BCUT2D eigenvalue weighted by Crippen LogP contribution is 2.34. The Bertz CT molecular complexity index is 612. The van der Waals surface area contributed by atoms with E-state index in [-0.39, 0.29) is 5.92 Å². The summed E-state index contributed by atoms with van der Waals surface area (Å²) >= 11 is 0. The van der Waals surface area contributed by atoms with E-state index >= 15 is 0 Å². The second-order valence-electron chi connectivity index (χ2n) is 5.29. The number of rotatable bonds is 2. The predicted octanol–water partition coefficient (Wildman–Crippen LogP) is 2.40. The summed E-state index contributed by atoms with van der Waals surface area (Å²) in [6.07, 6.45) is 3.20. The van der Waals surface area contributed by atoms with Gasteiger partial charge in [0, 0.05) is 11.6 Å². The minimum Gasteiger partial charge on any atom is -0.481 e. The van der Waals surface area contributed by atoms with Crippen LogP contribution in [0.2, 0.25) is 0 Å². The fraction of sp³-hybridized carbons (Fsp3) is 0.500. The molecule has 0 bridgehead atoms. The zero-order valence-corrected chi connectivity index (χ0v) is 10.9. The van der Waals surface area contributed by atoms with E-state index in [1.165, 1.54) is 0 Å². The van der Waals surface area contributed by atoms with Gasteiger partial charge < -0.3 is 5.11 Å². The van der Waals surface area contributed by atoms with Crippen LogP contribution >= 0.6 is 0 Å². The highest BCUT2D eigenvalue weighted by molar-refractivity contribution is 5.70. The number of carboxylic acids is 1. The Morgan fingerprint density at radius 1 is 1.32 bits per heavy atom. The Hall–Kier alpha value is -1.91. The Kier molecular flexibility index (Phi) is 2.97. The monoisotopic (exact) mass is 259 g/mol. The molecule has 2 aromatic heterocycles. The summed E-state index contributed by atoms with van der Waals surface area (Å²) in [4.78, 5) is 15.5. The van der Waals surface area contributed by atoms with Crippen LogP contribution in [0.25, 0.3) is 5.65 Å². The Balaban J connectivity index is 1.82. The van der Waals surface area contributed by atoms with Gasteiger partial charge in [0.1, 0.15) is 0 Å². The van der Waals surface area contributed by atoms with E-state index in [4.69, 9.17) is 5.11 Å². The summed E-state index contributed by atoms with van der Waals surface area (Å²) < 4.78 is 1.86. The molecule has 0 atom stereocenters. The average Bonchev–Trinajstić information content (AvgIpc) is 2.84. The molecule has 1 saturated carbocycles. The van der Waals surface area contributed by atoms with Crippen molar-refractivity contribution < 1.29 is 9.90 Å². The van der Waals surface area contributed by atoms with E-state index in [1.807, 2.05) is 29.6 Å². The molecule has 5 nitrogen and oxygen atoms in total. The first kappa shape index (κ1) is 12.1. The zero-order valence-electron chi connectivity index (χ0n) is 10.9. The lowest BCUT2D eigenvalue weighted by Gasteiger charge is -2.23. The van der Waals surface area contributed by atoms with E-state index in [1.54, 1.807) is 0 Å². The number of aryl methyl sites for hydroxylation is 1. The van der Waals surface area contributed by atoms with Crippen LogP contribution in [-0.4, -0.2) is 25.7 Å². The highest BCUT2D eigenvalue weighted by atomic mass is 16.4. The van der Waals surface area contributed by atoms with Crippen molar-refractivity contribution in [3.63, 3.8) is 0 Å². The molecule has 0 unspecified atom stereocenters. The van der Waals surface area contributed by atoms with Crippen molar-refractivity contribution in [2.45, 2.75) is 38.5 Å². The summed E-state index contributed by atoms with van der Waals surface area (Å²) in [6.45, 7) is 2.01. The highest BCUT2D eigenvalue weighted by Gasteiger charge is 2.28. The van der Waals surface area contributed by atoms with E-state index < -0.39 is 5.97 Å². The van der Waals surface area contributed by atoms with Gasteiger partial charge in [-0.3, -0.25) is 4.79 Å². The van der Waals surface area contributed by atoms with E-state index in [9.17, 15) is 4.79 Å². The largest absolute Gasteiger partial charge is 0.481 e. The normalized spacial score (nSPS) is 23.6. The van der Waals surface area contributed by atoms with Gasteiger partial charge in [0.15, 0.2) is 11.5 Å². The molecule has 0 saturated heterocycles. The lowest BCUT2D eigenvalue weighted by Crippen LogP contribution is -2.21. The molecule has 1 fully saturated rings. The van der Waals surface area contributed by atoms with Crippen LogP contribution in [0.4, 0.5) is 0 Å². The third-order valence-corrected chi connectivity index (χ3v) is 4.01. The third-order valence-electron chi connectivity index (χ3n) is 4.01. The van der Waals surface area contributed by atoms with Gasteiger partial charge in [-0.25, -0.2) is 9.50 Å². The maximum Gasteiger partial charge on any atom is 0.306 e. The first-order valence-corrected chi connectivity index (χ1v) is 6.70. The third kappa shape index (κ3) is 2.20. The van der Waals surface area contributed by atoms with Gasteiger partial charge >= 0.3 is 5.97 Å². The molecular formula is C14H17N3O2. The van der Waals surface area contributed by atoms with Crippen molar-refractivity contribution in [3.8, 4) is 0 Å². The van der Waals surface area contributed by atoms with Crippen LogP contribution in [-0.2, 0) is 4.79 Å². The van der Waals surface area contributed by atoms with Crippen LogP contribution in [0.1, 0.15) is 43.1 Å². The second kappa shape index (κ2) is 4.64. The minimum atomic E-state index is -0.669. The first-order valence-electron chi connectivity index (χ1n) is 6.70. The molecule has 1 aliphatic rings. The molecule has 3 rings (SSSR count). The van der Waals surface area contributed by atoms with Crippen LogP contribution in [0.3, 0.4) is 0 Å². The zero-order chi connectivity index (χ0) is 13.4. The molecule has 1 aliphatic carbocycles. The van der Waals surface area contributed by atoms with E-state index in [2.05, 4.69) is 10.1 Å². The molecule has 0 radical (unpaired) electrons. The number of carboxylic acid groups (broad SMARTS) is 1. The number of carbonyl (C=O) groups is 1. The van der Waals surface area contributed by atoms with Crippen molar-refractivity contribution in [2.24, 2.45) is 5.92 Å². The molecule has 100 valence electrons. The summed E-state index contributed by atoms with van der Waals surface area (Å²) in [7, 11) is 0. The molecule has 0 spiro atoms. The van der Waals surface area contributed by atoms with Gasteiger partial charge in [-0.1, -0.05) is 6.07 Å². The molecule has 1 N–H and O–H groups in total. The standard InChI is InChI=1S/C14H17N3O2/c1-9-3-2-4-12-15-13(16-17(9)12)10-5-7-11(8-6-10)14(18)19/h2-4,10-11H,5-8H2,1H3,(H,18,19). The topological polar surface area (TPSA) is 67.5 Å². The summed E-state index contributed by atoms with van der Waals surface area (Å²) in [5.41, 5.74) is 1.94. The smallest absolute Gasteiger partial charge is 0.306 e. The molecular weight excluding hydrogens is 242 g/mol. The molecule has 2 heterocycles. The molecule has 2 aromatic rings. The summed E-state index contributed by atoms with van der Waals surface area (Å²) in [5, 5.41) is 13.6. The fourth-order valence-electron chi connectivity index (χ4n) is 2.82. The number of hydrogen-bond donors (Lipinski definition) is 1. The first-order chi connectivity index (χ1) is 9.15. The van der Waals surface area contributed by atoms with Crippen LogP contribution in [0.15, 0.2) is 18.2 Å². The number of pyridine rings is 1. The Morgan fingerprint density at radius 3 is 2.68 bits per heavy atom. The quantitative estimate of drug-likeness (QED) is 0.899. The number of aromatic nitrogens is 3. The second-order valence-corrected chi connectivity index (χ2v) is 5.29. The number of hydrogen-bond acceptors (Lipinski definition) is 3. The van der Waals surface area contributed by atoms with Crippen LogP contribution < -0.4 is 0 Å².